The zero-order chi connectivity index (χ0) is 14.8. The average molecular weight is 318 g/mol. The summed E-state index contributed by atoms with van der Waals surface area (Å²) < 4.78 is 27.8. The van der Waals surface area contributed by atoms with Crippen molar-refractivity contribution >= 4 is 25.6 Å². The van der Waals surface area contributed by atoms with Crippen molar-refractivity contribution in [2.75, 3.05) is 13.1 Å². The van der Waals surface area contributed by atoms with Crippen molar-refractivity contribution in [3.05, 3.63) is 24.3 Å². The molecule has 2 rings (SSSR count). The Balaban J connectivity index is 2.00. The maximum atomic E-state index is 12.1. The molecule has 0 radical (unpaired) electrons. The van der Waals surface area contributed by atoms with E-state index in [4.69, 9.17) is 15.4 Å². The van der Waals surface area contributed by atoms with Crippen LogP contribution in [0.4, 0.5) is 0 Å². The summed E-state index contributed by atoms with van der Waals surface area (Å²) in [5.74, 6) is 0.394. The fraction of sp³-hybridized carbons (Fsp3) is 0.462. The van der Waals surface area contributed by atoms with Crippen molar-refractivity contribution in [3.8, 4) is 5.75 Å². The molecule has 0 saturated carbocycles. The fourth-order valence-electron chi connectivity index (χ4n) is 2.13. The molecule has 110 valence electrons. The summed E-state index contributed by atoms with van der Waals surface area (Å²) in [6, 6.07) is 5.68. The lowest BCUT2D eigenvalue weighted by Crippen LogP contribution is -2.38. The van der Waals surface area contributed by atoms with Gasteiger partial charge in [0, 0.05) is 23.8 Å². The summed E-state index contributed by atoms with van der Waals surface area (Å²) in [5.41, 5.74) is 0. The predicted octanol–water partition coefficient (Wildman–Crippen LogP) is 2.00. The van der Waals surface area contributed by atoms with E-state index in [1.54, 1.807) is 11.8 Å². The number of nitrogens with zero attached hydrogens (tertiary/aromatic N) is 1. The van der Waals surface area contributed by atoms with Crippen molar-refractivity contribution in [3.63, 3.8) is 0 Å². The van der Waals surface area contributed by atoms with Crippen molar-refractivity contribution < 1.29 is 17.9 Å². The van der Waals surface area contributed by atoms with E-state index >= 15 is 0 Å². The molecule has 1 aliphatic heterocycles. The van der Waals surface area contributed by atoms with Gasteiger partial charge in [-0.2, -0.15) is 0 Å². The van der Waals surface area contributed by atoms with Gasteiger partial charge in [0.25, 0.3) is 15.0 Å². The van der Waals surface area contributed by atoms with E-state index in [9.17, 15) is 13.2 Å². The van der Waals surface area contributed by atoms with E-state index in [0.29, 0.717) is 5.75 Å². The molecular formula is C13H16ClNO4S. The van der Waals surface area contributed by atoms with Crippen LogP contribution in [-0.4, -0.2) is 38.4 Å². The number of halogens is 1. The fourth-order valence-corrected chi connectivity index (χ4v) is 2.90. The molecule has 1 fully saturated rings. The molecule has 1 aromatic rings. The Morgan fingerprint density at radius 2 is 1.80 bits per heavy atom. The number of ether oxygens (including phenoxy) is 1. The van der Waals surface area contributed by atoms with Gasteiger partial charge >= 0.3 is 0 Å². The van der Waals surface area contributed by atoms with Crippen molar-refractivity contribution in [1.82, 2.24) is 4.90 Å². The third-order valence-corrected chi connectivity index (χ3v) is 4.55. The van der Waals surface area contributed by atoms with Crippen LogP contribution < -0.4 is 4.74 Å². The number of carbonyl (C=O) groups is 1. The molecule has 1 saturated heterocycles. The minimum atomic E-state index is -3.74. The molecular weight excluding hydrogens is 302 g/mol. The second-order valence-corrected chi connectivity index (χ2v) is 7.27. The van der Waals surface area contributed by atoms with Gasteiger partial charge in [0.15, 0.2) is 6.10 Å². The molecule has 20 heavy (non-hydrogen) atoms. The largest absolute Gasteiger partial charge is 0.481 e. The summed E-state index contributed by atoms with van der Waals surface area (Å²) in [5, 5.41) is 0. The Kier molecular flexibility index (Phi) is 4.55. The molecule has 0 aromatic heterocycles. The lowest BCUT2D eigenvalue weighted by atomic mass is 10.3. The number of likely N-dealkylation sites (tertiary alicyclic amines) is 1. The highest BCUT2D eigenvalue weighted by molar-refractivity contribution is 8.13. The van der Waals surface area contributed by atoms with E-state index in [2.05, 4.69) is 0 Å². The van der Waals surface area contributed by atoms with Gasteiger partial charge < -0.3 is 9.64 Å². The SMILES string of the molecule is CC(Oc1ccc(S(=O)(=O)Cl)cc1)C(=O)N1CCCC1. The van der Waals surface area contributed by atoms with Crippen LogP contribution in [0.3, 0.4) is 0 Å². The smallest absolute Gasteiger partial charge is 0.263 e. The van der Waals surface area contributed by atoms with Crippen LogP contribution in [0, 0.1) is 0 Å². The minimum Gasteiger partial charge on any atom is -0.481 e. The second-order valence-electron chi connectivity index (χ2n) is 4.70. The molecule has 7 heteroatoms. The van der Waals surface area contributed by atoms with Gasteiger partial charge in [-0.25, -0.2) is 8.42 Å². The van der Waals surface area contributed by atoms with Gasteiger partial charge in [0.1, 0.15) is 5.75 Å². The number of benzene rings is 1. The number of carbonyl (C=O) groups excluding carboxylic acids is 1. The second kappa shape index (κ2) is 6.01. The molecule has 0 N–H and O–H groups in total. The first kappa shape index (κ1) is 15.1. The molecule has 0 aliphatic carbocycles. The Hall–Kier alpha value is -1.27. The van der Waals surface area contributed by atoms with Crippen LogP contribution in [0.1, 0.15) is 19.8 Å². The Morgan fingerprint density at radius 3 is 2.30 bits per heavy atom. The maximum absolute atomic E-state index is 12.1. The first-order chi connectivity index (χ1) is 9.38. The summed E-state index contributed by atoms with van der Waals surface area (Å²) >= 11 is 0. The monoisotopic (exact) mass is 317 g/mol. The lowest BCUT2D eigenvalue weighted by Gasteiger charge is -2.21. The van der Waals surface area contributed by atoms with Crippen molar-refractivity contribution in [1.29, 1.82) is 0 Å². The van der Waals surface area contributed by atoms with E-state index < -0.39 is 15.2 Å². The molecule has 1 aliphatic rings. The third kappa shape index (κ3) is 3.64. The van der Waals surface area contributed by atoms with Crippen LogP contribution in [0.5, 0.6) is 5.75 Å². The lowest BCUT2D eigenvalue weighted by molar-refractivity contribution is -0.136. The Bertz CT molecular complexity index is 579. The highest BCUT2D eigenvalue weighted by Crippen LogP contribution is 2.20. The van der Waals surface area contributed by atoms with Gasteiger partial charge in [0.2, 0.25) is 0 Å². The Morgan fingerprint density at radius 1 is 1.25 bits per heavy atom. The maximum Gasteiger partial charge on any atom is 0.263 e. The van der Waals surface area contributed by atoms with Crippen LogP contribution in [-0.2, 0) is 13.8 Å². The molecule has 5 nitrogen and oxygen atoms in total. The normalized spacial score (nSPS) is 17.0. The van der Waals surface area contributed by atoms with Gasteiger partial charge in [-0.1, -0.05) is 0 Å². The minimum absolute atomic E-state index is 0.00467. The van der Waals surface area contributed by atoms with Gasteiger partial charge in [-0.05, 0) is 44.0 Å². The quantitative estimate of drug-likeness (QED) is 0.797. The predicted molar refractivity (Wildman–Crippen MR) is 75.4 cm³/mol. The van der Waals surface area contributed by atoms with E-state index in [-0.39, 0.29) is 10.8 Å². The third-order valence-electron chi connectivity index (χ3n) is 3.18. The van der Waals surface area contributed by atoms with Crippen LogP contribution in [0.25, 0.3) is 0 Å². The summed E-state index contributed by atoms with van der Waals surface area (Å²) in [6.45, 7) is 3.23. The molecule has 1 heterocycles. The number of amides is 1. The zero-order valence-corrected chi connectivity index (χ0v) is 12.7. The highest BCUT2D eigenvalue weighted by Gasteiger charge is 2.24. The first-order valence-corrected chi connectivity index (χ1v) is 8.69. The molecule has 1 unspecified atom stereocenters. The zero-order valence-electron chi connectivity index (χ0n) is 11.1. The van der Waals surface area contributed by atoms with Crippen molar-refractivity contribution in [2.45, 2.75) is 30.8 Å². The summed E-state index contributed by atoms with van der Waals surface area (Å²) in [7, 11) is 1.49. The van der Waals surface area contributed by atoms with Crippen LogP contribution >= 0.6 is 10.7 Å². The molecule has 1 aromatic carbocycles. The Labute approximate surface area is 122 Å². The van der Waals surface area contributed by atoms with Gasteiger partial charge in [0.05, 0.1) is 4.90 Å². The molecule has 0 spiro atoms. The number of hydrogen-bond donors (Lipinski definition) is 0. The average Bonchev–Trinajstić information content (AvgIpc) is 2.91. The molecule has 1 atom stereocenters. The topological polar surface area (TPSA) is 63.7 Å². The summed E-state index contributed by atoms with van der Waals surface area (Å²) in [6.07, 6.45) is 1.47. The summed E-state index contributed by atoms with van der Waals surface area (Å²) in [4.78, 5) is 13.8. The van der Waals surface area contributed by atoms with Gasteiger partial charge in [-0.15, -0.1) is 0 Å². The van der Waals surface area contributed by atoms with E-state index in [1.165, 1.54) is 24.3 Å². The molecule has 1 amide bonds. The van der Waals surface area contributed by atoms with Crippen LogP contribution in [0.2, 0.25) is 0 Å². The van der Waals surface area contributed by atoms with Crippen molar-refractivity contribution in [2.24, 2.45) is 0 Å². The van der Waals surface area contributed by atoms with Crippen LogP contribution in [0.15, 0.2) is 29.2 Å². The number of hydrogen-bond acceptors (Lipinski definition) is 4. The van der Waals surface area contributed by atoms with E-state index in [1.807, 2.05) is 0 Å². The molecule has 0 bridgehead atoms. The standard InChI is InChI=1S/C13H16ClNO4S/c1-10(13(16)15-8-2-3-9-15)19-11-4-6-12(7-5-11)20(14,17)18/h4-7,10H,2-3,8-9H2,1H3. The van der Waals surface area contributed by atoms with E-state index in [0.717, 1.165) is 25.9 Å². The first-order valence-electron chi connectivity index (χ1n) is 6.38. The van der Waals surface area contributed by atoms with Gasteiger partial charge in [-0.3, -0.25) is 4.79 Å². The highest BCUT2D eigenvalue weighted by atomic mass is 35.7. The number of rotatable bonds is 4.